The average molecular weight is 220 g/mol. The van der Waals surface area contributed by atoms with Gasteiger partial charge in [0.2, 0.25) is 0 Å². The SMILES string of the molecule is CC1=CC2=NC(=O)CC(C)(C(=O)O)N2C=C1. The van der Waals surface area contributed by atoms with E-state index in [1.54, 1.807) is 18.4 Å². The summed E-state index contributed by atoms with van der Waals surface area (Å²) < 4.78 is 0. The van der Waals surface area contributed by atoms with Crippen LogP contribution in [0.5, 0.6) is 0 Å². The summed E-state index contributed by atoms with van der Waals surface area (Å²) in [5.41, 5.74) is -0.292. The van der Waals surface area contributed by atoms with Gasteiger partial charge in [-0.15, -0.1) is 0 Å². The first kappa shape index (κ1) is 10.6. The maximum Gasteiger partial charge on any atom is 0.330 e. The first-order valence-electron chi connectivity index (χ1n) is 4.94. The summed E-state index contributed by atoms with van der Waals surface area (Å²) in [5.74, 6) is -1.01. The molecule has 0 aliphatic carbocycles. The van der Waals surface area contributed by atoms with Crippen LogP contribution in [0, 0.1) is 0 Å². The van der Waals surface area contributed by atoms with Crippen LogP contribution in [0.1, 0.15) is 20.3 Å². The quantitative estimate of drug-likeness (QED) is 0.713. The molecule has 5 nitrogen and oxygen atoms in total. The number of carbonyl (C=O) groups is 2. The fourth-order valence-electron chi connectivity index (χ4n) is 1.82. The third-order valence-corrected chi connectivity index (χ3v) is 2.82. The zero-order chi connectivity index (χ0) is 11.9. The van der Waals surface area contributed by atoms with Crippen molar-refractivity contribution in [2.45, 2.75) is 25.8 Å². The molecule has 0 fully saturated rings. The number of nitrogens with zero attached hydrogens (tertiary/aromatic N) is 2. The minimum atomic E-state index is -1.23. The summed E-state index contributed by atoms with van der Waals surface area (Å²) in [6, 6.07) is 0. The van der Waals surface area contributed by atoms with Crippen LogP contribution in [0.4, 0.5) is 0 Å². The Hall–Kier alpha value is -1.91. The van der Waals surface area contributed by atoms with Gasteiger partial charge >= 0.3 is 5.97 Å². The van der Waals surface area contributed by atoms with Gasteiger partial charge in [-0.25, -0.2) is 4.79 Å². The molecule has 0 aromatic carbocycles. The topological polar surface area (TPSA) is 70.0 Å². The predicted molar refractivity (Wildman–Crippen MR) is 57.8 cm³/mol. The molecule has 0 radical (unpaired) electrons. The van der Waals surface area contributed by atoms with Gasteiger partial charge in [-0.05, 0) is 31.6 Å². The predicted octanol–water partition coefficient (Wildman–Crippen LogP) is 0.934. The molecule has 84 valence electrons. The number of hydrogen-bond donors (Lipinski definition) is 1. The number of aliphatic imine (C=N–C) groups is 1. The lowest BCUT2D eigenvalue weighted by molar-refractivity contribution is -0.149. The normalized spacial score (nSPS) is 28.4. The van der Waals surface area contributed by atoms with E-state index in [2.05, 4.69) is 4.99 Å². The highest BCUT2D eigenvalue weighted by atomic mass is 16.4. The lowest BCUT2D eigenvalue weighted by Crippen LogP contribution is -2.56. The number of carbonyl (C=O) groups excluding carboxylic acids is 1. The lowest BCUT2D eigenvalue weighted by Gasteiger charge is -2.40. The van der Waals surface area contributed by atoms with E-state index in [0.29, 0.717) is 5.84 Å². The molecule has 0 saturated heterocycles. The molecule has 2 aliphatic heterocycles. The minimum Gasteiger partial charge on any atom is -0.479 e. The number of fused-ring (bicyclic) bond motifs is 1. The summed E-state index contributed by atoms with van der Waals surface area (Å²) in [5, 5.41) is 9.22. The number of carboxylic acid groups (broad SMARTS) is 1. The van der Waals surface area contributed by atoms with E-state index in [4.69, 9.17) is 0 Å². The molecule has 0 bridgehead atoms. The smallest absolute Gasteiger partial charge is 0.330 e. The Bertz CT molecular complexity index is 462. The van der Waals surface area contributed by atoms with Gasteiger partial charge in [0.15, 0.2) is 0 Å². The largest absolute Gasteiger partial charge is 0.479 e. The number of amidine groups is 1. The second-order valence-electron chi connectivity index (χ2n) is 4.19. The van der Waals surface area contributed by atoms with Crippen molar-refractivity contribution in [3.05, 3.63) is 23.9 Å². The van der Waals surface area contributed by atoms with Crippen molar-refractivity contribution in [2.24, 2.45) is 4.99 Å². The van der Waals surface area contributed by atoms with Crippen molar-refractivity contribution in [2.75, 3.05) is 0 Å². The molecule has 1 unspecified atom stereocenters. The number of hydrogen-bond acceptors (Lipinski definition) is 3. The van der Waals surface area contributed by atoms with E-state index >= 15 is 0 Å². The molecule has 0 aromatic heterocycles. The maximum absolute atomic E-state index is 11.4. The highest BCUT2D eigenvalue weighted by Crippen LogP contribution is 2.28. The Morgan fingerprint density at radius 3 is 2.94 bits per heavy atom. The van der Waals surface area contributed by atoms with E-state index < -0.39 is 17.4 Å². The Labute approximate surface area is 92.8 Å². The van der Waals surface area contributed by atoms with Crippen molar-refractivity contribution in [3.8, 4) is 0 Å². The average Bonchev–Trinajstić information content (AvgIpc) is 2.15. The van der Waals surface area contributed by atoms with Crippen LogP contribution in [-0.4, -0.2) is 33.3 Å². The van der Waals surface area contributed by atoms with Crippen LogP contribution in [0.3, 0.4) is 0 Å². The molecule has 0 aromatic rings. The van der Waals surface area contributed by atoms with Crippen LogP contribution < -0.4 is 0 Å². The van der Waals surface area contributed by atoms with E-state index in [-0.39, 0.29) is 6.42 Å². The Morgan fingerprint density at radius 2 is 2.31 bits per heavy atom. The monoisotopic (exact) mass is 220 g/mol. The lowest BCUT2D eigenvalue weighted by atomic mass is 9.92. The zero-order valence-electron chi connectivity index (χ0n) is 9.10. The molecule has 2 rings (SSSR count). The summed E-state index contributed by atoms with van der Waals surface area (Å²) >= 11 is 0. The maximum atomic E-state index is 11.4. The molecular formula is C11H12N2O3. The van der Waals surface area contributed by atoms with Gasteiger partial charge in [0, 0.05) is 6.20 Å². The van der Waals surface area contributed by atoms with E-state index in [1.165, 1.54) is 11.8 Å². The summed E-state index contributed by atoms with van der Waals surface area (Å²) in [4.78, 5) is 28.0. The van der Waals surface area contributed by atoms with Gasteiger partial charge in [-0.1, -0.05) is 0 Å². The second-order valence-corrected chi connectivity index (χ2v) is 4.19. The molecule has 16 heavy (non-hydrogen) atoms. The van der Waals surface area contributed by atoms with Crippen molar-refractivity contribution in [1.82, 2.24) is 4.90 Å². The van der Waals surface area contributed by atoms with Crippen LogP contribution in [0.2, 0.25) is 0 Å². The van der Waals surface area contributed by atoms with Crippen molar-refractivity contribution in [1.29, 1.82) is 0 Å². The molecule has 0 spiro atoms. The van der Waals surface area contributed by atoms with Gasteiger partial charge in [-0.2, -0.15) is 4.99 Å². The minimum absolute atomic E-state index is 0.108. The highest BCUT2D eigenvalue weighted by Gasteiger charge is 2.45. The zero-order valence-corrected chi connectivity index (χ0v) is 9.10. The molecule has 1 N–H and O–H groups in total. The standard InChI is InChI=1S/C11H12N2O3/c1-7-3-4-13-8(5-7)12-9(14)6-11(13,2)10(15)16/h3-5H,6H2,1-2H3,(H,15,16). The van der Waals surface area contributed by atoms with E-state index in [0.717, 1.165) is 5.57 Å². The number of allylic oxidation sites excluding steroid dienone is 2. The van der Waals surface area contributed by atoms with E-state index in [9.17, 15) is 14.7 Å². The molecule has 2 heterocycles. The van der Waals surface area contributed by atoms with E-state index in [1.807, 2.05) is 6.92 Å². The van der Waals surface area contributed by atoms with Gasteiger partial charge in [0.25, 0.3) is 5.91 Å². The van der Waals surface area contributed by atoms with Crippen molar-refractivity contribution in [3.63, 3.8) is 0 Å². The fraction of sp³-hybridized carbons (Fsp3) is 0.364. The Kier molecular flexibility index (Phi) is 2.18. The summed E-state index contributed by atoms with van der Waals surface area (Å²) in [7, 11) is 0. The first-order chi connectivity index (χ1) is 7.43. The Balaban J connectivity index is 2.51. The first-order valence-corrected chi connectivity index (χ1v) is 4.94. The highest BCUT2D eigenvalue weighted by molar-refractivity contribution is 6.08. The third kappa shape index (κ3) is 1.44. The fourth-order valence-corrected chi connectivity index (χ4v) is 1.82. The van der Waals surface area contributed by atoms with Crippen LogP contribution in [0.25, 0.3) is 0 Å². The van der Waals surface area contributed by atoms with Crippen molar-refractivity contribution < 1.29 is 14.7 Å². The molecule has 1 amide bonds. The van der Waals surface area contributed by atoms with Crippen LogP contribution in [0.15, 0.2) is 28.9 Å². The molecule has 1 atom stereocenters. The number of amides is 1. The van der Waals surface area contributed by atoms with Crippen LogP contribution in [-0.2, 0) is 9.59 Å². The number of carboxylic acids is 1. The number of aliphatic carboxylic acids is 1. The third-order valence-electron chi connectivity index (χ3n) is 2.82. The summed E-state index contributed by atoms with van der Waals surface area (Å²) in [6.07, 6.45) is 5.06. The van der Waals surface area contributed by atoms with Gasteiger partial charge in [-0.3, -0.25) is 4.79 Å². The molecule has 2 aliphatic rings. The van der Waals surface area contributed by atoms with Gasteiger partial charge in [0.05, 0.1) is 6.42 Å². The van der Waals surface area contributed by atoms with Gasteiger partial charge in [0.1, 0.15) is 11.4 Å². The van der Waals surface area contributed by atoms with Crippen molar-refractivity contribution >= 4 is 17.7 Å². The molecular weight excluding hydrogens is 208 g/mol. The second kappa shape index (κ2) is 3.30. The van der Waals surface area contributed by atoms with Crippen LogP contribution >= 0.6 is 0 Å². The molecule has 5 heteroatoms. The van der Waals surface area contributed by atoms with Gasteiger partial charge < -0.3 is 10.0 Å². The summed E-state index contributed by atoms with van der Waals surface area (Å²) in [6.45, 7) is 3.40. The Morgan fingerprint density at radius 1 is 1.62 bits per heavy atom. The molecule has 0 saturated carbocycles. The number of rotatable bonds is 1.